The highest BCUT2D eigenvalue weighted by molar-refractivity contribution is 5.84. The quantitative estimate of drug-likeness (QED) is 0.402. The molecule has 1 aromatic carbocycles. The zero-order valence-electron chi connectivity index (χ0n) is 22.6. The van der Waals surface area contributed by atoms with Crippen LogP contribution in [0.2, 0.25) is 0 Å². The summed E-state index contributed by atoms with van der Waals surface area (Å²) in [4.78, 5) is 31.6. The van der Waals surface area contributed by atoms with Gasteiger partial charge in [-0.15, -0.1) is 0 Å². The van der Waals surface area contributed by atoms with Gasteiger partial charge in [-0.1, -0.05) is 62.9 Å². The molecule has 1 saturated carbocycles. The minimum Gasteiger partial charge on any atom is -0.368 e. The molecular weight excluding hydrogens is 462 g/mol. The second-order valence-corrected chi connectivity index (χ2v) is 10.8. The van der Waals surface area contributed by atoms with E-state index in [2.05, 4.69) is 59.8 Å². The standard InChI is InChI=1S/C29H41N7O/c1-4-6-9-22(5-2)18-30-26-25-27(36(20-31-25)19-23-10-7-8-21(3)17-23)33-29(32-26)35-15-13-34(14-16-35)28(37)24-11-12-24/h7-8,10,17,20,22,24H,4-6,9,11-16,18-19H2,1-3H3,(H,30,32,33). The number of imidazole rings is 1. The maximum atomic E-state index is 12.5. The van der Waals surface area contributed by atoms with Crippen molar-refractivity contribution < 1.29 is 4.79 Å². The SMILES string of the molecule is CCCCC(CC)CNc1nc(N2CCN(C(=O)C3CC3)CC2)nc2c1ncn2Cc1cccc(C)c1. The van der Waals surface area contributed by atoms with Crippen LogP contribution in [0.4, 0.5) is 11.8 Å². The van der Waals surface area contributed by atoms with Gasteiger partial charge >= 0.3 is 0 Å². The molecule has 0 bridgehead atoms. The van der Waals surface area contributed by atoms with E-state index in [0.29, 0.717) is 18.4 Å². The Morgan fingerprint density at radius 1 is 1.14 bits per heavy atom. The maximum Gasteiger partial charge on any atom is 0.229 e. The number of amides is 1. The molecule has 1 saturated heterocycles. The summed E-state index contributed by atoms with van der Waals surface area (Å²) in [6, 6.07) is 8.58. The molecule has 0 radical (unpaired) electrons. The monoisotopic (exact) mass is 503 g/mol. The largest absolute Gasteiger partial charge is 0.368 e. The molecule has 1 N–H and O–H groups in total. The van der Waals surface area contributed by atoms with Crippen LogP contribution >= 0.6 is 0 Å². The molecule has 1 aliphatic carbocycles. The van der Waals surface area contributed by atoms with Crippen LogP contribution in [0.5, 0.6) is 0 Å². The third-order valence-corrected chi connectivity index (χ3v) is 7.79. The van der Waals surface area contributed by atoms with Gasteiger partial charge in [-0.05, 0) is 37.7 Å². The summed E-state index contributed by atoms with van der Waals surface area (Å²) >= 11 is 0. The Labute approximate surface area is 220 Å². The Morgan fingerprint density at radius 3 is 2.65 bits per heavy atom. The number of nitrogens with one attached hydrogen (secondary N) is 1. The van der Waals surface area contributed by atoms with E-state index in [4.69, 9.17) is 15.0 Å². The van der Waals surface area contributed by atoms with Crippen molar-refractivity contribution in [2.24, 2.45) is 11.8 Å². The number of nitrogens with zero attached hydrogens (tertiary/aromatic N) is 6. The summed E-state index contributed by atoms with van der Waals surface area (Å²) in [7, 11) is 0. The number of anilines is 2. The number of piperazine rings is 1. The van der Waals surface area contributed by atoms with Crippen molar-refractivity contribution in [3.05, 3.63) is 41.7 Å². The number of unbranched alkanes of at least 4 members (excludes halogenated alkanes) is 1. The lowest BCUT2D eigenvalue weighted by Crippen LogP contribution is -2.49. The van der Waals surface area contributed by atoms with Gasteiger partial charge in [0.2, 0.25) is 11.9 Å². The lowest BCUT2D eigenvalue weighted by atomic mass is 9.99. The number of carbonyl (C=O) groups is 1. The number of hydrogen-bond acceptors (Lipinski definition) is 6. The van der Waals surface area contributed by atoms with Crippen LogP contribution in [0.25, 0.3) is 11.2 Å². The smallest absolute Gasteiger partial charge is 0.229 e. The highest BCUT2D eigenvalue weighted by Gasteiger charge is 2.35. The summed E-state index contributed by atoms with van der Waals surface area (Å²) in [6.07, 6.45) is 8.83. The third kappa shape index (κ3) is 6.05. The molecule has 2 aliphatic rings. The van der Waals surface area contributed by atoms with Crippen LogP contribution in [0.1, 0.15) is 63.5 Å². The summed E-state index contributed by atoms with van der Waals surface area (Å²) in [5.41, 5.74) is 4.15. The number of hydrogen-bond donors (Lipinski definition) is 1. The second-order valence-electron chi connectivity index (χ2n) is 10.8. The Balaban J connectivity index is 1.40. The number of carbonyl (C=O) groups excluding carboxylic acids is 1. The zero-order valence-corrected chi connectivity index (χ0v) is 22.6. The molecule has 1 unspecified atom stereocenters. The van der Waals surface area contributed by atoms with Crippen LogP contribution in [0.15, 0.2) is 30.6 Å². The molecule has 0 spiro atoms. The van der Waals surface area contributed by atoms with E-state index in [0.717, 1.165) is 74.9 Å². The number of benzene rings is 1. The molecule has 1 atom stereocenters. The average Bonchev–Trinajstić information content (AvgIpc) is 3.69. The predicted molar refractivity (Wildman–Crippen MR) is 149 cm³/mol. The molecule has 1 amide bonds. The van der Waals surface area contributed by atoms with E-state index in [1.54, 1.807) is 0 Å². The lowest BCUT2D eigenvalue weighted by molar-refractivity contribution is -0.132. The van der Waals surface area contributed by atoms with E-state index in [-0.39, 0.29) is 5.92 Å². The van der Waals surface area contributed by atoms with Crippen molar-refractivity contribution in [1.29, 1.82) is 0 Å². The lowest BCUT2D eigenvalue weighted by Gasteiger charge is -2.35. The van der Waals surface area contributed by atoms with Crippen LogP contribution < -0.4 is 10.2 Å². The highest BCUT2D eigenvalue weighted by atomic mass is 16.2. The van der Waals surface area contributed by atoms with Crippen molar-refractivity contribution in [3.8, 4) is 0 Å². The fourth-order valence-corrected chi connectivity index (χ4v) is 5.22. The van der Waals surface area contributed by atoms with Gasteiger partial charge in [-0.25, -0.2) is 4.98 Å². The minimum atomic E-state index is 0.269. The fourth-order valence-electron chi connectivity index (χ4n) is 5.22. The first-order chi connectivity index (χ1) is 18.1. The second kappa shape index (κ2) is 11.5. The van der Waals surface area contributed by atoms with Crippen LogP contribution in [0.3, 0.4) is 0 Å². The van der Waals surface area contributed by atoms with Crippen LogP contribution in [-0.4, -0.2) is 63.0 Å². The van der Waals surface area contributed by atoms with Gasteiger partial charge in [0.15, 0.2) is 17.0 Å². The van der Waals surface area contributed by atoms with Crippen molar-refractivity contribution in [3.63, 3.8) is 0 Å². The predicted octanol–water partition coefficient (Wildman–Crippen LogP) is 4.87. The summed E-state index contributed by atoms with van der Waals surface area (Å²) in [5, 5.41) is 3.65. The topological polar surface area (TPSA) is 79.2 Å². The Morgan fingerprint density at radius 2 is 1.95 bits per heavy atom. The van der Waals surface area contributed by atoms with Crippen molar-refractivity contribution in [2.75, 3.05) is 42.9 Å². The number of aromatic nitrogens is 4. The molecule has 2 fully saturated rings. The highest BCUT2D eigenvalue weighted by Crippen LogP contribution is 2.32. The minimum absolute atomic E-state index is 0.269. The van der Waals surface area contributed by atoms with Gasteiger partial charge in [0.25, 0.3) is 0 Å². The van der Waals surface area contributed by atoms with E-state index in [1.165, 1.54) is 30.4 Å². The first-order valence-corrected chi connectivity index (χ1v) is 14.1. The zero-order chi connectivity index (χ0) is 25.8. The first kappa shape index (κ1) is 25.5. The molecule has 1 aliphatic heterocycles. The van der Waals surface area contributed by atoms with Crippen molar-refractivity contribution in [2.45, 2.75) is 65.8 Å². The van der Waals surface area contributed by atoms with Gasteiger partial charge in [0.05, 0.1) is 12.9 Å². The molecule has 8 nitrogen and oxygen atoms in total. The number of rotatable bonds is 11. The Hall–Kier alpha value is -3.16. The van der Waals surface area contributed by atoms with Crippen molar-refractivity contribution in [1.82, 2.24) is 24.4 Å². The van der Waals surface area contributed by atoms with Crippen LogP contribution in [-0.2, 0) is 11.3 Å². The molecule has 2 aromatic heterocycles. The van der Waals surface area contributed by atoms with Crippen LogP contribution in [0, 0.1) is 18.8 Å². The molecule has 3 aromatic rings. The van der Waals surface area contributed by atoms with E-state index in [1.807, 2.05) is 11.2 Å². The molecule has 8 heteroatoms. The van der Waals surface area contributed by atoms with Crippen molar-refractivity contribution >= 4 is 28.8 Å². The number of aryl methyl sites for hydroxylation is 1. The molecule has 37 heavy (non-hydrogen) atoms. The molecular formula is C29H41N7O. The van der Waals surface area contributed by atoms with Gasteiger partial charge in [0.1, 0.15) is 0 Å². The fraction of sp³-hybridized carbons (Fsp3) is 0.586. The summed E-state index contributed by atoms with van der Waals surface area (Å²) in [6.45, 7) is 11.2. The summed E-state index contributed by atoms with van der Waals surface area (Å²) < 4.78 is 2.13. The molecule has 5 rings (SSSR count). The maximum absolute atomic E-state index is 12.5. The van der Waals surface area contributed by atoms with Gasteiger partial charge < -0.3 is 19.7 Å². The van der Waals surface area contributed by atoms with Gasteiger partial charge in [-0.3, -0.25) is 4.79 Å². The van der Waals surface area contributed by atoms with E-state index >= 15 is 0 Å². The normalized spacial score (nSPS) is 16.8. The Bertz CT molecular complexity index is 1210. The molecule has 3 heterocycles. The average molecular weight is 504 g/mol. The Kier molecular flexibility index (Phi) is 7.91. The number of fused-ring (bicyclic) bond motifs is 1. The third-order valence-electron chi connectivity index (χ3n) is 7.79. The van der Waals surface area contributed by atoms with E-state index in [9.17, 15) is 4.79 Å². The van der Waals surface area contributed by atoms with Gasteiger partial charge in [0, 0.05) is 38.6 Å². The van der Waals surface area contributed by atoms with E-state index < -0.39 is 0 Å². The summed E-state index contributed by atoms with van der Waals surface area (Å²) in [5.74, 6) is 2.74. The first-order valence-electron chi connectivity index (χ1n) is 14.1. The molecule has 198 valence electrons. The van der Waals surface area contributed by atoms with Gasteiger partial charge in [-0.2, -0.15) is 9.97 Å².